The van der Waals surface area contributed by atoms with Crippen LogP contribution in [0.1, 0.15) is 22.8 Å². The molecule has 2 heterocycles. The van der Waals surface area contributed by atoms with Crippen molar-refractivity contribution in [2.75, 3.05) is 19.6 Å². The molecule has 2 aliphatic heterocycles. The van der Waals surface area contributed by atoms with E-state index in [9.17, 15) is 4.79 Å². The molecule has 0 spiro atoms. The van der Waals surface area contributed by atoms with Crippen molar-refractivity contribution >= 4 is 21.8 Å². The van der Waals surface area contributed by atoms with Gasteiger partial charge in [0.25, 0.3) is 5.91 Å². The number of rotatable bonds is 1. The van der Waals surface area contributed by atoms with Crippen molar-refractivity contribution in [3.05, 3.63) is 33.8 Å². The minimum atomic E-state index is 0.181. The van der Waals surface area contributed by atoms with Crippen LogP contribution in [0, 0.1) is 18.8 Å². The van der Waals surface area contributed by atoms with Crippen molar-refractivity contribution < 1.29 is 4.79 Å². The molecular weight excluding hydrogens is 304 g/mol. The van der Waals surface area contributed by atoms with E-state index >= 15 is 0 Å². The van der Waals surface area contributed by atoms with Gasteiger partial charge in [0, 0.05) is 35.7 Å². The first-order valence-corrected chi connectivity index (χ1v) is 7.65. The fourth-order valence-corrected chi connectivity index (χ4v) is 3.80. The molecule has 1 N–H and O–H groups in total. The van der Waals surface area contributed by atoms with Crippen LogP contribution in [-0.2, 0) is 0 Å². The minimum absolute atomic E-state index is 0.181. The van der Waals surface area contributed by atoms with Crippen LogP contribution in [0.15, 0.2) is 22.7 Å². The van der Waals surface area contributed by atoms with E-state index in [1.807, 2.05) is 25.1 Å². The molecule has 0 saturated carbocycles. The molecule has 4 heteroatoms. The molecule has 1 aromatic rings. The molecule has 2 saturated heterocycles. The standard InChI is InChI=1S/C15H19BrN2O/c1-9-12(4-3-5-14(9)16)15(19)18-8-11-6-17-7-13(11)10(18)2/h3-5,10-11,13,17H,6-8H2,1-2H3. The molecule has 1 aromatic carbocycles. The van der Waals surface area contributed by atoms with Crippen LogP contribution >= 0.6 is 15.9 Å². The van der Waals surface area contributed by atoms with Gasteiger partial charge in [-0.25, -0.2) is 0 Å². The molecule has 3 unspecified atom stereocenters. The molecule has 0 aromatic heterocycles. The maximum absolute atomic E-state index is 12.7. The molecule has 2 fully saturated rings. The lowest BCUT2D eigenvalue weighted by Crippen LogP contribution is -2.38. The van der Waals surface area contributed by atoms with E-state index in [-0.39, 0.29) is 5.91 Å². The highest BCUT2D eigenvalue weighted by Gasteiger charge is 2.43. The number of nitrogens with one attached hydrogen (secondary N) is 1. The number of benzene rings is 1. The molecule has 102 valence electrons. The summed E-state index contributed by atoms with van der Waals surface area (Å²) < 4.78 is 1.01. The first kappa shape index (κ1) is 13.1. The Hall–Kier alpha value is -0.870. The molecule has 1 amide bonds. The Morgan fingerprint density at radius 1 is 1.42 bits per heavy atom. The maximum Gasteiger partial charge on any atom is 0.254 e. The highest BCUT2D eigenvalue weighted by atomic mass is 79.9. The van der Waals surface area contributed by atoms with Gasteiger partial charge in [-0.15, -0.1) is 0 Å². The van der Waals surface area contributed by atoms with Crippen molar-refractivity contribution in [1.82, 2.24) is 10.2 Å². The Morgan fingerprint density at radius 2 is 2.21 bits per heavy atom. The van der Waals surface area contributed by atoms with E-state index in [1.165, 1.54) is 0 Å². The number of likely N-dealkylation sites (tertiary alicyclic amines) is 1. The first-order valence-electron chi connectivity index (χ1n) is 6.86. The molecule has 3 rings (SSSR count). The zero-order valence-electron chi connectivity index (χ0n) is 11.3. The van der Waals surface area contributed by atoms with E-state index in [1.54, 1.807) is 0 Å². The lowest BCUT2D eigenvalue weighted by Gasteiger charge is -2.25. The van der Waals surface area contributed by atoms with Crippen LogP contribution < -0.4 is 5.32 Å². The van der Waals surface area contributed by atoms with Crippen molar-refractivity contribution in [2.45, 2.75) is 19.9 Å². The van der Waals surface area contributed by atoms with Gasteiger partial charge in [0.15, 0.2) is 0 Å². The monoisotopic (exact) mass is 322 g/mol. The second-order valence-corrected chi connectivity index (χ2v) is 6.55. The molecular formula is C15H19BrN2O. The first-order chi connectivity index (χ1) is 9.09. The Morgan fingerprint density at radius 3 is 2.95 bits per heavy atom. The summed E-state index contributed by atoms with van der Waals surface area (Å²) in [4.78, 5) is 14.8. The van der Waals surface area contributed by atoms with Crippen molar-refractivity contribution in [2.24, 2.45) is 11.8 Å². The molecule has 3 nitrogen and oxygen atoms in total. The Labute approximate surface area is 122 Å². The topological polar surface area (TPSA) is 32.3 Å². The average Bonchev–Trinajstić information content (AvgIpc) is 2.96. The molecule has 0 bridgehead atoms. The Balaban J connectivity index is 1.87. The van der Waals surface area contributed by atoms with Crippen molar-refractivity contribution in [3.63, 3.8) is 0 Å². The predicted molar refractivity (Wildman–Crippen MR) is 79.2 cm³/mol. The van der Waals surface area contributed by atoms with Gasteiger partial charge in [-0.3, -0.25) is 4.79 Å². The highest BCUT2D eigenvalue weighted by Crippen LogP contribution is 2.34. The SMILES string of the molecule is Cc1c(Br)cccc1C(=O)N1CC2CNCC2C1C. The number of halogens is 1. The van der Waals surface area contributed by atoms with Gasteiger partial charge in [0.05, 0.1) is 0 Å². The number of nitrogens with zero attached hydrogens (tertiary/aromatic N) is 1. The largest absolute Gasteiger partial charge is 0.335 e. The van der Waals surface area contributed by atoms with Gasteiger partial charge in [0.1, 0.15) is 0 Å². The van der Waals surface area contributed by atoms with Gasteiger partial charge in [-0.05, 0) is 43.4 Å². The normalized spacial score (nSPS) is 29.6. The number of hydrogen-bond donors (Lipinski definition) is 1. The smallest absolute Gasteiger partial charge is 0.254 e. The van der Waals surface area contributed by atoms with Gasteiger partial charge in [-0.1, -0.05) is 22.0 Å². The fourth-order valence-electron chi connectivity index (χ4n) is 3.43. The van der Waals surface area contributed by atoms with Crippen LogP contribution in [0.2, 0.25) is 0 Å². The third-order valence-electron chi connectivity index (χ3n) is 4.69. The predicted octanol–water partition coefficient (Wildman–Crippen LogP) is 2.44. The third kappa shape index (κ3) is 2.11. The summed E-state index contributed by atoms with van der Waals surface area (Å²) in [6.07, 6.45) is 0. The number of fused-ring (bicyclic) bond motifs is 1. The molecule has 2 aliphatic rings. The minimum Gasteiger partial charge on any atom is -0.335 e. The van der Waals surface area contributed by atoms with Crippen molar-refractivity contribution in [1.29, 1.82) is 0 Å². The Bertz CT molecular complexity index is 517. The maximum atomic E-state index is 12.7. The van der Waals surface area contributed by atoms with E-state index in [4.69, 9.17) is 0 Å². The third-order valence-corrected chi connectivity index (χ3v) is 5.55. The summed E-state index contributed by atoms with van der Waals surface area (Å²) in [7, 11) is 0. The van der Waals surface area contributed by atoms with Gasteiger partial charge >= 0.3 is 0 Å². The van der Waals surface area contributed by atoms with Crippen LogP contribution in [-0.4, -0.2) is 36.5 Å². The number of carbonyl (C=O) groups is 1. The number of amides is 1. The van der Waals surface area contributed by atoms with Gasteiger partial charge < -0.3 is 10.2 Å². The van der Waals surface area contributed by atoms with E-state index in [2.05, 4.69) is 33.1 Å². The number of hydrogen-bond acceptors (Lipinski definition) is 2. The van der Waals surface area contributed by atoms with Crippen LogP contribution in [0.5, 0.6) is 0 Å². The molecule has 3 atom stereocenters. The quantitative estimate of drug-likeness (QED) is 0.861. The molecule has 0 aliphatic carbocycles. The summed E-state index contributed by atoms with van der Waals surface area (Å²) in [6, 6.07) is 6.19. The lowest BCUT2D eigenvalue weighted by atomic mass is 9.95. The van der Waals surface area contributed by atoms with E-state index in [0.717, 1.165) is 35.2 Å². The van der Waals surface area contributed by atoms with E-state index in [0.29, 0.717) is 17.9 Å². The van der Waals surface area contributed by atoms with Crippen molar-refractivity contribution in [3.8, 4) is 0 Å². The summed E-state index contributed by atoms with van der Waals surface area (Å²) in [5, 5.41) is 3.43. The zero-order chi connectivity index (χ0) is 13.6. The summed E-state index contributed by atoms with van der Waals surface area (Å²) >= 11 is 3.51. The zero-order valence-corrected chi connectivity index (χ0v) is 12.9. The highest BCUT2D eigenvalue weighted by molar-refractivity contribution is 9.10. The van der Waals surface area contributed by atoms with Crippen LogP contribution in [0.25, 0.3) is 0 Å². The fraction of sp³-hybridized carbons (Fsp3) is 0.533. The molecule has 19 heavy (non-hydrogen) atoms. The summed E-state index contributed by atoms with van der Waals surface area (Å²) in [5.41, 5.74) is 1.86. The Kier molecular flexibility index (Phi) is 3.39. The molecule has 0 radical (unpaired) electrons. The summed E-state index contributed by atoms with van der Waals surface area (Å²) in [5.74, 6) is 1.43. The van der Waals surface area contributed by atoms with E-state index < -0.39 is 0 Å². The summed E-state index contributed by atoms with van der Waals surface area (Å²) in [6.45, 7) is 7.18. The van der Waals surface area contributed by atoms with Gasteiger partial charge in [-0.2, -0.15) is 0 Å². The van der Waals surface area contributed by atoms with Gasteiger partial charge in [0.2, 0.25) is 0 Å². The average molecular weight is 323 g/mol. The van der Waals surface area contributed by atoms with Crippen LogP contribution in [0.3, 0.4) is 0 Å². The second-order valence-electron chi connectivity index (χ2n) is 5.69. The second kappa shape index (κ2) is 4.91. The number of carbonyl (C=O) groups excluding carboxylic acids is 1. The lowest BCUT2D eigenvalue weighted by molar-refractivity contribution is 0.0727. The van der Waals surface area contributed by atoms with Crippen LogP contribution in [0.4, 0.5) is 0 Å².